The highest BCUT2D eigenvalue weighted by molar-refractivity contribution is 5.43. The molecule has 0 spiro atoms. The predicted molar refractivity (Wildman–Crippen MR) is 81.3 cm³/mol. The highest BCUT2D eigenvalue weighted by atomic mass is 15.1. The number of hydrogen-bond acceptors (Lipinski definition) is 3. The number of hydrogen-bond donors (Lipinski definition) is 1. The number of nitrogens with one attached hydrogen (secondary N) is 1. The first-order chi connectivity index (χ1) is 9.31. The van der Waals surface area contributed by atoms with E-state index in [-0.39, 0.29) is 0 Å². The van der Waals surface area contributed by atoms with Crippen LogP contribution in [0.25, 0.3) is 0 Å². The van der Waals surface area contributed by atoms with Crippen LogP contribution in [0.15, 0.2) is 18.3 Å². The zero-order chi connectivity index (χ0) is 13.5. The van der Waals surface area contributed by atoms with E-state index in [1.54, 1.807) is 0 Å². The van der Waals surface area contributed by atoms with Gasteiger partial charge in [-0.25, -0.2) is 0 Å². The van der Waals surface area contributed by atoms with E-state index in [9.17, 15) is 0 Å². The fourth-order valence-electron chi connectivity index (χ4n) is 2.73. The molecule has 1 fully saturated rings. The molecule has 19 heavy (non-hydrogen) atoms. The van der Waals surface area contributed by atoms with Gasteiger partial charge in [-0.15, -0.1) is 0 Å². The maximum atomic E-state index is 4.50. The predicted octanol–water partition coefficient (Wildman–Crippen LogP) is 3.53. The topological polar surface area (TPSA) is 28.2 Å². The highest BCUT2D eigenvalue weighted by Crippen LogP contribution is 2.21. The molecule has 0 aliphatic carbocycles. The van der Waals surface area contributed by atoms with Crippen LogP contribution in [-0.4, -0.2) is 29.5 Å². The molecular weight excluding hydrogens is 234 g/mol. The summed E-state index contributed by atoms with van der Waals surface area (Å²) in [5.74, 6) is 0.946. The van der Waals surface area contributed by atoms with Gasteiger partial charge in [0.1, 0.15) is 0 Å². The lowest BCUT2D eigenvalue weighted by atomic mass is 9.94. The second-order valence-corrected chi connectivity index (χ2v) is 5.59. The Balaban J connectivity index is 1.85. The van der Waals surface area contributed by atoms with Gasteiger partial charge >= 0.3 is 0 Å². The fourth-order valence-corrected chi connectivity index (χ4v) is 2.73. The monoisotopic (exact) mass is 261 g/mol. The first-order valence-electron chi connectivity index (χ1n) is 7.73. The zero-order valence-corrected chi connectivity index (χ0v) is 12.4. The van der Waals surface area contributed by atoms with Crippen molar-refractivity contribution < 1.29 is 0 Å². The van der Waals surface area contributed by atoms with Gasteiger partial charge in [-0.05, 0) is 50.4 Å². The molecular formula is C16H27N3. The first-order valence-corrected chi connectivity index (χ1v) is 7.73. The van der Waals surface area contributed by atoms with Crippen molar-refractivity contribution in [1.29, 1.82) is 0 Å². The summed E-state index contributed by atoms with van der Waals surface area (Å²) in [5.41, 5.74) is 2.39. The van der Waals surface area contributed by atoms with E-state index in [0.717, 1.165) is 25.4 Å². The molecule has 0 aromatic carbocycles. The maximum Gasteiger partial charge on any atom is 0.0564 e. The molecule has 3 heteroatoms. The lowest BCUT2D eigenvalue weighted by Crippen LogP contribution is -2.33. The number of aromatic nitrogens is 1. The molecule has 1 aliphatic rings. The Hall–Kier alpha value is -1.09. The second kappa shape index (κ2) is 7.49. The van der Waals surface area contributed by atoms with Crippen LogP contribution in [0.3, 0.4) is 0 Å². The number of nitrogens with zero attached hydrogens (tertiary/aromatic N) is 2. The van der Waals surface area contributed by atoms with Crippen LogP contribution in [0.5, 0.6) is 0 Å². The van der Waals surface area contributed by atoms with Crippen LogP contribution in [-0.2, 0) is 6.54 Å². The molecule has 1 saturated heterocycles. The van der Waals surface area contributed by atoms with E-state index >= 15 is 0 Å². The summed E-state index contributed by atoms with van der Waals surface area (Å²) in [6, 6.07) is 4.25. The van der Waals surface area contributed by atoms with Gasteiger partial charge < -0.3 is 5.32 Å². The van der Waals surface area contributed by atoms with Gasteiger partial charge in [-0.3, -0.25) is 9.88 Å². The van der Waals surface area contributed by atoms with Crippen molar-refractivity contribution in [3.05, 3.63) is 24.0 Å². The second-order valence-electron chi connectivity index (χ2n) is 5.59. The summed E-state index contributed by atoms with van der Waals surface area (Å²) in [5, 5.41) is 3.43. The number of rotatable bonds is 6. The minimum absolute atomic E-state index is 0.946. The Labute approximate surface area is 117 Å². The van der Waals surface area contributed by atoms with E-state index in [1.807, 2.05) is 6.20 Å². The highest BCUT2D eigenvalue weighted by Gasteiger charge is 2.17. The van der Waals surface area contributed by atoms with Crippen molar-refractivity contribution in [3.8, 4) is 0 Å². The van der Waals surface area contributed by atoms with E-state index in [2.05, 4.69) is 41.2 Å². The van der Waals surface area contributed by atoms with Crippen LogP contribution >= 0.6 is 0 Å². The summed E-state index contributed by atoms with van der Waals surface area (Å²) in [6.45, 7) is 8.99. The summed E-state index contributed by atoms with van der Waals surface area (Å²) >= 11 is 0. The van der Waals surface area contributed by atoms with Gasteiger partial charge in [-0.1, -0.05) is 20.3 Å². The molecule has 1 aliphatic heterocycles. The van der Waals surface area contributed by atoms with Gasteiger partial charge in [0.05, 0.1) is 5.69 Å². The van der Waals surface area contributed by atoms with Gasteiger partial charge in [0.25, 0.3) is 0 Å². The molecule has 1 aromatic rings. The Morgan fingerprint density at radius 2 is 2.11 bits per heavy atom. The molecule has 0 saturated carbocycles. The third-order valence-corrected chi connectivity index (χ3v) is 4.07. The van der Waals surface area contributed by atoms with Crippen LogP contribution in [0, 0.1) is 5.92 Å². The normalized spacial score (nSPS) is 17.6. The number of pyridine rings is 1. The Morgan fingerprint density at radius 1 is 1.32 bits per heavy atom. The van der Waals surface area contributed by atoms with Gasteiger partial charge in [-0.2, -0.15) is 0 Å². The Kier molecular flexibility index (Phi) is 5.64. The van der Waals surface area contributed by atoms with Crippen molar-refractivity contribution in [1.82, 2.24) is 9.88 Å². The number of piperidine rings is 1. The zero-order valence-electron chi connectivity index (χ0n) is 12.4. The third kappa shape index (κ3) is 4.50. The van der Waals surface area contributed by atoms with Crippen molar-refractivity contribution in [2.45, 2.75) is 46.1 Å². The average molecular weight is 261 g/mol. The quantitative estimate of drug-likeness (QED) is 0.849. The molecule has 106 valence electrons. The van der Waals surface area contributed by atoms with E-state index in [4.69, 9.17) is 0 Å². The van der Waals surface area contributed by atoms with Crippen LogP contribution in [0.4, 0.5) is 5.69 Å². The molecule has 3 nitrogen and oxygen atoms in total. The SMILES string of the molecule is CCCNc1ccnc(CN2CCC(CC)CC2)c1. The lowest BCUT2D eigenvalue weighted by molar-refractivity contribution is 0.173. The summed E-state index contributed by atoms with van der Waals surface area (Å²) in [7, 11) is 0. The van der Waals surface area contributed by atoms with Crippen LogP contribution in [0.1, 0.15) is 45.2 Å². The molecule has 0 amide bonds. The molecule has 2 heterocycles. The number of likely N-dealkylation sites (tertiary alicyclic amines) is 1. The van der Waals surface area contributed by atoms with Crippen molar-refractivity contribution in [2.24, 2.45) is 5.92 Å². The van der Waals surface area contributed by atoms with E-state index in [1.165, 1.54) is 43.7 Å². The molecule has 0 bridgehead atoms. The summed E-state index contributed by atoms with van der Waals surface area (Å²) in [4.78, 5) is 7.04. The van der Waals surface area contributed by atoms with Crippen LogP contribution < -0.4 is 5.32 Å². The molecule has 1 aromatic heterocycles. The smallest absolute Gasteiger partial charge is 0.0564 e. The lowest BCUT2D eigenvalue weighted by Gasteiger charge is -2.31. The van der Waals surface area contributed by atoms with Crippen molar-refractivity contribution >= 4 is 5.69 Å². The molecule has 0 unspecified atom stereocenters. The standard InChI is InChI=1S/C16H27N3/c1-3-8-17-15-5-9-18-16(12-15)13-19-10-6-14(4-2)7-11-19/h5,9,12,14H,3-4,6-8,10-11,13H2,1-2H3,(H,17,18). The minimum Gasteiger partial charge on any atom is -0.385 e. The van der Waals surface area contributed by atoms with E-state index in [0.29, 0.717) is 0 Å². The molecule has 2 rings (SSSR count). The van der Waals surface area contributed by atoms with E-state index < -0.39 is 0 Å². The molecule has 0 atom stereocenters. The molecule has 0 radical (unpaired) electrons. The minimum atomic E-state index is 0.946. The summed E-state index contributed by atoms with van der Waals surface area (Å²) in [6.07, 6.45) is 7.12. The average Bonchev–Trinajstić information content (AvgIpc) is 2.46. The summed E-state index contributed by atoms with van der Waals surface area (Å²) < 4.78 is 0. The van der Waals surface area contributed by atoms with Gasteiger partial charge in [0.2, 0.25) is 0 Å². The van der Waals surface area contributed by atoms with Crippen molar-refractivity contribution in [3.63, 3.8) is 0 Å². The first kappa shape index (κ1) is 14.3. The van der Waals surface area contributed by atoms with Crippen molar-refractivity contribution in [2.75, 3.05) is 25.0 Å². The molecule has 1 N–H and O–H groups in total. The maximum absolute atomic E-state index is 4.50. The fraction of sp³-hybridized carbons (Fsp3) is 0.688. The number of anilines is 1. The van der Waals surface area contributed by atoms with Gasteiger partial charge in [0, 0.05) is 25.0 Å². The largest absolute Gasteiger partial charge is 0.385 e. The Morgan fingerprint density at radius 3 is 2.79 bits per heavy atom. The third-order valence-electron chi connectivity index (χ3n) is 4.07. The Bertz CT molecular complexity index is 370. The van der Waals surface area contributed by atoms with Crippen LogP contribution in [0.2, 0.25) is 0 Å². The van der Waals surface area contributed by atoms with Gasteiger partial charge in [0.15, 0.2) is 0 Å².